The van der Waals surface area contributed by atoms with Crippen molar-refractivity contribution >= 4 is 33.4 Å². The molecule has 0 spiro atoms. The number of fused-ring (bicyclic) bond motifs is 2. The lowest BCUT2D eigenvalue weighted by molar-refractivity contribution is -0.116. The largest absolute Gasteiger partial charge is 0.361 e. The monoisotopic (exact) mass is 374 g/mol. The molecule has 6 nitrogen and oxygen atoms in total. The fourth-order valence-electron chi connectivity index (χ4n) is 3.42. The van der Waals surface area contributed by atoms with Crippen LogP contribution in [0.25, 0.3) is 21.8 Å². The van der Waals surface area contributed by atoms with Crippen molar-refractivity contribution < 1.29 is 4.79 Å². The Bertz CT molecular complexity index is 1180. The summed E-state index contributed by atoms with van der Waals surface area (Å²) < 4.78 is 1.65. The first-order valence-electron chi connectivity index (χ1n) is 9.52. The van der Waals surface area contributed by atoms with Crippen LogP contribution in [0, 0.1) is 0 Å². The Balaban J connectivity index is 1.26. The fraction of sp³-hybridized carbons (Fsp3) is 0.227. The second-order valence-electron chi connectivity index (χ2n) is 6.86. The van der Waals surface area contributed by atoms with Crippen LogP contribution < -0.4 is 10.9 Å². The predicted molar refractivity (Wildman–Crippen MR) is 111 cm³/mol. The lowest BCUT2D eigenvalue weighted by Gasteiger charge is -2.08. The highest BCUT2D eigenvalue weighted by atomic mass is 16.1. The summed E-state index contributed by atoms with van der Waals surface area (Å²) in [5.74, 6) is 0.0123. The van der Waals surface area contributed by atoms with Gasteiger partial charge in [-0.3, -0.25) is 14.2 Å². The van der Waals surface area contributed by atoms with E-state index in [0.717, 1.165) is 41.4 Å². The Morgan fingerprint density at radius 2 is 1.89 bits per heavy atom. The normalized spacial score (nSPS) is 11.1. The smallest absolute Gasteiger partial charge is 0.261 e. The first-order valence-corrected chi connectivity index (χ1v) is 9.52. The van der Waals surface area contributed by atoms with E-state index in [1.807, 2.05) is 48.7 Å². The van der Waals surface area contributed by atoms with E-state index >= 15 is 0 Å². The molecule has 2 aromatic carbocycles. The minimum atomic E-state index is -0.0112. The molecule has 0 unspecified atom stereocenters. The van der Waals surface area contributed by atoms with Crippen molar-refractivity contribution in [3.63, 3.8) is 0 Å². The maximum absolute atomic E-state index is 12.4. The van der Waals surface area contributed by atoms with E-state index in [2.05, 4.69) is 15.3 Å². The van der Waals surface area contributed by atoms with Gasteiger partial charge in [-0.05, 0) is 43.2 Å². The molecule has 2 aromatic heterocycles. The van der Waals surface area contributed by atoms with Crippen LogP contribution in [0.1, 0.15) is 25.7 Å². The zero-order chi connectivity index (χ0) is 19.3. The van der Waals surface area contributed by atoms with Crippen molar-refractivity contribution in [1.82, 2.24) is 14.5 Å². The van der Waals surface area contributed by atoms with Gasteiger partial charge in [0.1, 0.15) is 0 Å². The predicted octanol–water partition coefficient (Wildman–Crippen LogP) is 4.08. The molecule has 2 N–H and O–H groups in total. The van der Waals surface area contributed by atoms with Crippen molar-refractivity contribution in [2.24, 2.45) is 0 Å². The van der Waals surface area contributed by atoms with E-state index in [-0.39, 0.29) is 11.5 Å². The van der Waals surface area contributed by atoms with E-state index in [9.17, 15) is 9.59 Å². The number of para-hydroxylation sites is 1. The average molecular weight is 374 g/mol. The number of hydrogen-bond acceptors (Lipinski definition) is 3. The summed E-state index contributed by atoms with van der Waals surface area (Å²) >= 11 is 0. The molecule has 0 aliphatic heterocycles. The molecule has 1 amide bonds. The van der Waals surface area contributed by atoms with Gasteiger partial charge in [-0.15, -0.1) is 0 Å². The third-order valence-electron chi connectivity index (χ3n) is 4.90. The number of benzene rings is 2. The van der Waals surface area contributed by atoms with Crippen molar-refractivity contribution in [1.29, 1.82) is 0 Å². The number of aryl methyl sites for hydroxylation is 1. The lowest BCUT2D eigenvalue weighted by Crippen LogP contribution is -2.20. The minimum Gasteiger partial charge on any atom is -0.361 e. The van der Waals surface area contributed by atoms with E-state index in [4.69, 9.17) is 0 Å². The number of rotatable bonds is 7. The molecule has 2 heterocycles. The van der Waals surface area contributed by atoms with E-state index in [1.165, 1.54) is 0 Å². The number of nitrogens with one attached hydrogen (secondary N) is 2. The zero-order valence-corrected chi connectivity index (χ0v) is 15.5. The molecule has 0 fully saturated rings. The maximum Gasteiger partial charge on any atom is 0.261 e. The molecule has 0 saturated heterocycles. The molecule has 0 aliphatic rings. The van der Waals surface area contributed by atoms with Crippen molar-refractivity contribution in [3.8, 4) is 0 Å². The number of nitrogens with zero attached hydrogens (tertiary/aromatic N) is 2. The van der Waals surface area contributed by atoms with Crippen molar-refractivity contribution in [3.05, 3.63) is 71.4 Å². The molecule has 6 heteroatoms. The number of carbonyl (C=O) groups is 1. The van der Waals surface area contributed by atoms with Crippen molar-refractivity contribution in [2.45, 2.75) is 32.2 Å². The van der Waals surface area contributed by atoms with Crippen LogP contribution >= 0.6 is 0 Å². The highest BCUT2D eigenvalue weighted by Crippen LogP contribution is 2.22. The molecule has 0 saturated carbocycles. The summed E-state index contributed by atoms with van der Waals surface area (Å²) in [6, 6.07) is 15.1. The number of anilines is 1. The Labute approximate surface area is 162 Å². The molecule has 28 heavy (non-hydrogen) atoms. The van der Waals surface area contributed by atoms with Crippen LogP contribution in [-0.2, 0) is 11.3 Å². The Morgan fingerprint density at radius 1 is 1.00 bits per heavy atom. The van der Waals surface area contributed by atoms with E-state index < -0.39 is 0 Å². The number of hydrogen-bond donors (Lipinski definition) is 2. The second kappa shape index (κ2) is 8.08. The molecule has 0 bridgehead atoms. The minimum absolute atomic E-state index is 0.0112. The van der Waals surface area contributed by atoms with Gasteiger partial charge >= 0.3 is 0 Å². The standard InChI is InChI=1S/C22H22N4O2/c27-21(25-20-10-6-9-18-16(20)12-13-23-18)11-2-1-5-14-26-15-24-19-8-4-3-7-17(19)22(26)28/h3-4,6-10,12-13,15,23H,1-2,5,11,14H2,(H,25,27). The van der Waals surface area contributed by atoms with E-state index in [0.29, 0.717) is 18.4 Å². The van der Waals surface area contributed by atoms with Gasteiger partial charge < -0.3 is 10.3 Å². The third kappa shape index (κ3) is 3.81. The van der Waals surface area contributed by atoms with Gasteiger partial charge in [0, 0.05) is 30.1 Å². The molecule has 0 aliphatic carbocycles. The number of H-pyrrole nitrogens is 1. The second-order valence-corrected chi connectivity index (χ2v) is 6.86. The Morgan fingerprint density at radius 3 is 2.82 bits per heavy atom. The van der Waals surface area contributed by atoms with Crippen LogP contribution in [0.4, 0.5) is 5.69 Å². The van der Waals surface area contributed by atoms with Gasteiger partial charge in [0.15, 0.2) is 0 Å². The average Bonchev–Trinajstić information content (AvgIpc) is 3.19. The van der Waals surface area contributed by atoms with Gasteiger partial charge in [0.25, 0.3) is 5.56 Å². The molecule has 142 valence electrons. The van der Waals surface area contributed by atoms with Crippen molar-refractivity contribution in [2.75, 3.05) is 5.32 Å². The number of unbranched alkanes of at least 4 members (excludes halogenated alkanes) is 2. The van der Waals surface area contributed by atoms with Gasteiger partial charge in [-0.1, -0.05) is 24.6 Å². The Hall–Kier alpha value is -3.41. The molecule has 0 atom stereocenters. The maximum atomic E-state index is 12.4. The van der Waals surface area contributed by atoms with E-state index in [1.54, 1.807) is 17.0 Å². The quantitative estimate of drug-likeness (QED) is 0.479. The number of aromatic amines is 1. The van der Waals surface area contributed by atoms with Gasteiger partial charge in [-0.25, -0.2) is 4.98 Å². The summed E-state index contributed by atoms with van der Waals surface area (Å²) in [4.78, 5) is 32.1. The summed E-state index contributed by atoms with van der Waals surface area (Å²) in [7, 11) is 0. The summed E-state index contributed by atoms with van der Waals surface area (Å²) in [6.45, 7) is 0.612. The molecular weight excluding hydrogens is 352 g/mol. The van der Waals surface area contributed by atoms with Crippen LogP contribution in [0.2, 0.25) is 0 Å². The van der Waals surface area contributed by atoms with Crippen LogP contribution in [0.15, 0.2) is 65.8 Å². The summed E-state index contributed by atoms with van der Waals surface area (Å²) in [5, 5.41) is 4.64. The van der Waals surface area contributed by atoms with Crippen LogP contribution in [0.3, 0.4) is 0 Å². The molecule has 4 rings (SSSR count). The van der Waals surface area contributed by atoms with Crippen LogP contribution in [0.5, 0.6) is 0 Å². The molecule has 0 radical (unpaired) electrons. The Kier molecular flexibility index (Phi) is 5.19. The topological polar surface area (TPSA) is 79.8 Å². The van der Waals surface area contributed by atoms with Gasteiger partial charge in [0.2, 0.25) is 5.91 Å². The third-order valence-corrected chi connectivity index (χ3v) is 4.90. The first-order chi connectivity index (χ1) is 13.7. The summed E-state index contributed by atoms with van der Waals surface area (Å²) in [5.41, 5.74) is 2.55. The highest BCUT2D eigenvalue weighted by Gasteiger charge is 2.07. The van der Waals surface area contributed by atoms with Gasteiger partial charge in [0.05, 0.1) is 22.9 Å². The molecule has 4 aromatic rings. The number of amides is 1. The lowest BCUT2D eigenvalue weighted by atomic mass is 10.1. The number of carbonyl (C=O) groups excluding carboxylic acids is 1. The zero-order valence-electron chi connectivity index (χ0n) is 15.5. The van der Waals surface area contributed by atoms with Crippen LogP contribution in [-0.4, -0.2) is 20.4 Å². The summed E-state index contributed by atoms with van der Waals surface area (Å²) in [6.07, 6.45) is 6.43. The highest BCUT2D eigenvalue weighted by molar-refractivity contribution is 6.01. The SMILES string of the molecule is O=C(CCCCCn1cnc2ccccc2c1=O)Nc1cccc2[nH]ccc12. The number of aromatic nitrogens is 3. The first kappa shape index (κ1) is 18.0. The fourth-order valence-corrected chi connectivity index (χ4v) is 3.42. The molecular formula is C22H22N4O2. The van der Waals surface area contributed by atoms with Gasteiger partial charge in [-0.2, -0.15) is 0 Å².